The molecule has 0 heterocycles. The summed E-state index contributed by atoms with van der Waals surface area (Å²) in [5, 5.41) is 2.55. The van der Waals surface area contributed by atoms with Crippen LogP contribution in [0.1, 0.15) is 25.8 Å². The Morgan fingerprint density at radius 3 is 2.29 bits per heavy atom. The number of rotatable bonds is 9. The van der Waals surface area contributed by atoms with Crippen LogP contribution in [-0.4, -0.2) is 43.1 Å². The predicted molar refractivity (Wildman–Crippen MR) is 87.9 cm³/mol. The lowest BCUT2D eigenvalue weighted by Crippen LogP contribution is -2.50. The fraction of sp³-hybridized carbons (Fsp3) is 0.471. The Bertz CT molecular complexity index is 547. The van der Waals surface area contributed by atoms with Gasteiger partial charge in [0.1, 0.15) is 6.04 Å². The van der Waals surface area contributed by atoms with Gasteiger partial charge in [0.15, 0.2) is 0 Å². The van der Waals surface area contributed by atoms with Crippen LogP contribution in [0, 0.1) is 0 Å². The van der Waals surface area contributed by atoms with E-state index in [-0.39, 0.29) is 26.1 Å². The average Bonchev–Trinajstić information content (AvgIpc) is 2.55. The van der Waals surface area contributed by atoms with Crippen molar-refractivity contribution in [2.45, 2.75) is 38.8 Å². The van der Waals surface area contributed by atoms with Crippen molar-refractivity contribution in [3.8, 4) is 0 Å². The Kier molecular flexibility index (Phi) is 8.49. The molecule has 0 bridgehead atoms. The molecule has 0 aliphatic heterocycles. The highest BCUT2D eigenvalue weighted by Gasteiger charge is 2.26. The maximum atomic E-state index is 12.1. The minimum absolute atomic E-state index is 0.203. The number of hydrogen-bond donors (Lipinski definition) is 2. The molecule has 0 aliphatic carbocycles. The molecule has 0 aliphatic rings. The summed E-state index contributed by atoms with van der Waals surface area (Å²) in [5.41, 5.74) is 6.57. The second-order valence-electron chi connectivity index (χ2n) is 5.12. The van der Waals surface area contributed by atoms with Crippen molar-refractivity contribution in [1.82, 2.24) is 5.32 Å². The maximum Gasteiger partial charge on any atom is 0.328 e. The molecular formula is C17H24N2O5. The Morgan fingerprint density at radius 1 is 1.08 bits per heavy atom. The Labute approximate surface area is 141 Å². The van der Waals surface area contributed by atoms with E-state index in [4.69, 9.17) is 15.2 Å². The van der Waals surface area contributed by atoms with Gasteiger partial charge in [-0.1, -0.05) is 30.3 Å². The molecule has 1 aromatic carbocycles. The smallest absolute Gasteiger partial charge is 0.328 e. The number of nitrogens with two attached hydrogens (primary N) is 1. The van der Waals surface area contributed by atoms with Crippen LogP contribution in [0.25, 0.3) is 0 Å². The van der Waals surface area contributed by atoms with Crippen molar-refractivity contribution < 1.29 is 23.9 Å². The lowest BCUT2D eigenvalue weighted by atomic mass is 10.1. The van der Waals surface area contributed by atoms with E-state index in [2.05, 4.69) is 5.32 Å². The third kappa shape index (κ3) is 6.78. The molecule has 0 saturated carbocycles. The van der Waals surface area contributed by atoms with Gasteiger partial charge in [-0.3, -0.25) is 9.59 Å². The van der Waals surface area contributed by atoms with Crippen molar-refractivity contribution in [3.63, 3.8) is 0 Å². The van der Waals surface area contributed by atoms with Gasteiger partial charge < -0.3 is 20.5 Å². The standard InChI is InChI=1S/C17H24N2O5/c1-3-23-15(20)11-13(18)16(21)19-14(17(22)24-4-2)10-12-8-6-5-7-9-12/h5-9,13-14H,3-4,10-11,18H2,1-2H3,(H,19,21). The normalized spacial score (nSPS) is 12.8. The average molecular weight is 336 g/mol. The number of esters is 2. The summed E-state index contributed by atoms with van der Waals surface area (Å²) < 4.78 is 9.75. The van der Waals surface area contributed by atoms with Crippen LogP contribution in [0.3, 0.4) is 0 Å². The molecule has 7 heteroatoms. The van der Waals surface area contributed by atoms with Crippen molar-refractivity contribution >= 4 is 17.8 Å². The summed E-state index contributed by atoms with van der Waals surface area (Å²) in [6, 6.07) is 7.27. The molecule has 132 valence electrons. The molecule has 2 unspecified atom stereocenters. The second-order valence-corrected chi connectivity index (χ2v) is 5.12. The Morgan fingerprint density at radius 2 is 1.71 bits per heavy atom. The predicted octanol–water partition coefficient (Wildman–Crippen LogP) is 0.558. The summed E-state index contributed by atoms with van der Waals surface area (Å²) in [7, 11) is 0. The first-order valence-electron chi connectivity index (χ1n) is 7.90. The monoisotopic (exact) mass is 336 g/mol. The van der Waals surface area contributed by atoms with Crippen LogP contribution in [0.5, 0.6) is 0 Å². The van der Waals surface area contributed by atoms with Gasteiger partial charge in [0.05, 0.1) is 25.7 Å². The maximum absolute atomic E-state index is 12.1. The van der Waals surface area contributed by atoms with Gasteiger partial charge in [-0.05, 0) is 19.4 Å². The Hall–Kier alpha value is -2.41. The SMILES string of the molecule is CCOC(=O)CC(N)C(=O)NC(Cc1ccccc1)C(=O)OCC. The van der Waals surface area contributed by atoms with Gasteiger partial charge >= 0.3 is 11.9 Å². The molecule has 3 N–H and O–H groups in total. The van der Waals surface area contributed by atoms with E-state index in [0.717, 1.165) is 5.56 Å². The van der Waals surface area contributed by atoms with Gasteiger partial charge in [-0.2, -0.15) is 0 Å². The number of carbonyl (C=O) groups excluding carboxylic acids is 3. The lowest BCUT2D eigenvalue weighted by Gasteiger charge is -2.19. The van der Waals surface area contributed by atoms with E-state index >= 15 is 0 Å². The third-order valence-corrected chi connectivity index (χ3v) is 3.20. The first kappa shape index (κ1) is 19.6. The summed E-state index contributed by atoms with van der Waals surface area (Å²) in [5.74, 6) is -1.70. The van der Waals surface area contributed by atoms with Crippen molar-refractivity contribution in [3.05, 3.63) is 35.9 Å². The molecule has 0 saturated heterocycles. The summed E-state index contributed by atoms with van der Waals surface area (Å²) in [4.78, 5) is 35.6. The van der Waals surface area contributed by atoms with E-state index in [1.54, 1.807) is 13.8 Å². The minimum atomic E-state index is -1.09. The zero-order chi connectivity index (χ0) is 17.9. The number of nitrogens with one attached hydrogen (secondary N) is 1. The molecule has 1 aromatic rings. The molecule has 0 spiro atoms. The highest BCUT2D eigenvalue weighted by atomic mass is 16.5. The van der Waals surface area contributed by atoms with E-state index < -0.39 is 29.9 Å². The molecule has 0 aromatic heterocycles. The lowest BCUT2D eigenvalue weighted by molar-refractivity contribution is -0.148. The van der Waals surface area contributed by atoms with Crippen molar-refractivity contribution in [1.29, 1.82) is 0 Å². The fourth-order valence-corrected chi connectivity index (χ4v) is 2.06. The first-order valence-corrected chi connectivity index (χ1v) is 7.90. The highest BCUT2D eigenvalue weighted by molar-refractivity contribution is 5.90. The van der Waals surface area contributed by atoms with E-state index in [1.165, 1.54) is 0 Å². The van der Waals surface area contributed by atoms with Gasteiger partial charge in [0.2, 0.25) is 5.91 Å². The fourth-order valence-electron chi connectivity index (χ4n) is 2.06. The molecule has 0 radical (unpaired) electrons. The van der Waals surface area contributed by atoms with Crippen LogP contribution < -0.4 is 11.1 Å². The zero-order valence-corrected chi connectivity index (χ0v) is 14.0. The van der Waals surface area contributed by atoms with E-state index in [0.29, 0.717) is 0 Å². The number of hydrogen-bond acceptors (Lipinski definition) is 6. The topological polar surface area (TPSA) is 108 Å². The molecule has 1 rings (SSSR count). The number of ether oxygens (including phenoxy) is 2. The second kappa shape index (κ2) is 10.4. The van der Waals surface area contributed by atoms with Crippen LogP contribution in [-0.2, 0) is 30.3 Å². The van der Waals surface area contributed by atoms with Gasteiger partial charge in [-0.25, -0.2) is 4.79 Å². The molecule has 0 fully saturated rings. The Balaban J connectivity index is 2.71. The molecular weight excluding hydrogens is 312 g/mol. The van der Waals surface area contributed by atoms with Crippen molar-refractivity contribution in [2.75, 3.05) is 13.2 Å². The number of benzene rings is 1. The number of carbonyl (C=O) groups is 3. The van der Waals surface area contributed by atoms with Gasteiger partial charge in [-0.15, -0.1) is 0 Å². The van der Waals surface area contributed by atoms with Crippen LogP contribution in [0.2, 0.25) is 0 Å². The van der Waals surface area contributed by atoms with Crippen LogP contribution in [0.15, 0.2) is 30.3 Å². The zero-order valence-electron chi connectivity index (χ0n) is 14.0. The van der Waals surface area contributed by atoms with Gasteiger partial charge in [0, 0.05) is 6.42 Å². The van der Waals surface area contributed by atoms with E-state index in [1.807, 2.05) is 30.3 Å². The van der Waals surface area contributed by atoms with Gasteiger partial charge in [0.25, 0.3) is 0 Å². The first-order chi connectivity index (χ1) is 11.5. The van der Waals surface area contributed by atoms with Crippen LogP contribution in [0.4, 0.5) is 0 Å². The van der Waals surface area contributed by atoms with Crippen molar-refractivity contribution in [2.24, 2.45) is 5.73 Å². The highest BCUT2D eigenvalue weighted by Crippen LogP contribution is 2.06. The molecule has 24 heavy (non-hydrogen) atoms. The molecule has 2 atom stereocenters. The third-order valence-electron chi connectivity index (χ3n) is 3.20. The largest absolute Gasteiger partial charge is 0.466 e. The summed E-state index contributed by atoms with van der Waals surface area (Å²) >= 11 is 0. The van der Waals surface area contributed by atoms with Crippen LogP contribution >= 0.6 is 0 Å². The quantitative estimate of drug-likeness (QED) is 0.638. The van der Waals surface area contributed by atoms with E-state index in [9.17, 15) is 14.4 Å². The number of amides is 1. The summed E-state index contributed by atoms with van der Waals surface area (Å²) in [6.07, 6.45) is 0.0259. The molecule has 1 amide bonds. The summed E-state index contributed by atoms with van der Waals surface area (Å²) in [6.45, 7) is 3.77. The molecule has 7 nitrogen and oxygen atoms in total. The minimum Gasteiger partial charge on any atom is -0.466 e.